The Balaban J connectivity index is 1.73. The number of carbonyl (C=O) groups is 2. The van der Waals surface area contributed by atoms with Crippen LogP contribution in [-0.2, 0) is 9.59 Å². The van der Waals surface area contributed by atoms with Crippen molar-refractivity contribution in [2.24, 2.45) is 5.73 Å². The third kappa shape index (κ3) is 4.94. The third-order valence-corrected chi connectivity index (χ3v) is 4.19. The number of hydrogen-bond acceptors (Lipinski definition) is 3. The summed E-state index contributed by atoms with van der Waals surface area (Å²) in [4.78, 5) is 23.8. The molecule has 0 aromatic heterocycles. The monoisotopic (exact) mass is 322 g/mol. The van der Waals surface area contributed by atoms with Gasteiger partial charge in [-0.05, 0) is 43.5 Å². The van der Waals surface area contributed by atoms with Gasteiger partial charge in [-0.1, -0.05) is 19.3 Å². The van der Waals surface area contributed by atoms with Crippen molar-refractivity contribution >= 4 is 11.8 Å². The van der Waals surface area contributed by atoms with Crippen molar-refractivity contribution in [3.8, 4) is 5.75 Å². The molecule has 3 N–H and O–H groups in total. The first-order valence-corrected chi connectivity index (χ1v) is 8.01. The van der Waals surface area contributed by atoms with Gasteiger partial charge in [-0.15, -0.1) is 0 Å². The number of ether oxygens (including phenoxy) is 1. The SMILES string of the molecule is NC(=O)C1(NC(=O)CCCOc2ccc(F)cc2)CCCCC1. The van der Waals surface area contributed by atoms with Crippen LogP contribution in [0, 0.1) is 5.82 Å². The molecule has 0 unspecified atom stereocenters. The van der Waals surface area contributed by atoms with Crippen LogP contribution in [0.2, 0.25) is 0 Å². The van der Waals surface area contributed by atoms with E-state index in [0.29, 0.717) is 31.6 Å². The molecule has 6 heteroatoms. The molecular formula is C17H23FN2O3. The fourth-order valence-electron chi connectivity index (χ4n) is 2.87. The van der Waals surface area contributed by atoms with Gasteiger partial charge in [0.1, 0.15) is 17.1 Å². The molecule has 1 aliphatic rings. The first-order chi connectivity index (χ1) is 11.0. The van der Waals surface area contributed by atoms with E-state index in [4.69, 9.17) is 10.5 Å². The van der Waals surface area contributed by atoms with Crippen molar-refractivity contribution in [1.29, 1.82) is 0 Å². The molecule has 2 amide bonds. The summed E-state index contributed by atoms with van der Waals surface area (Å²) in [6.07, 6.45) is 4.86. The number of carbonyl (C=O) groups excluding carboxylic acids is 2. The fourth-order valence-corrected chi connectivity index (χ4v) is 2.87. The van der Waals surface area contributed by atoms with Crippen molar-refractivity contribution in [1.82, 2.24) is 5.32 Å². The minimum Gasteiger partial charge on any atom is -0.494 e. The minimum absolute atomic E-state index is 0.187. The van der Waals surface area contributed by atoms with Crippen LogP contribution in [0.3, 0.4) is 0 Å². The largest absolute Gasteiger partial charge is 0.494 e. The lowest BCUT2D eigenvalue weighted by Crippen LogP contribution is -2.58. The molecule has 0 radical (unpaired) electrons. The number of nitrogens with two attached hydrogens (primary N) is 1. The number of benzene rings is 1. The molecule has 0 spiro atoms. The number of halogens is 1. The van der Waals surface area contributed by atoms with E-state index in [1.165, 1.54) is 12.1 Å². The lowest BCUT2D eigenvalue weighted by atomic mass is 9.81. The number of primary amides is 1. The Morgan fingerprint density at radius 2 is 1.83 bits per heavy atom. The zero-order chi connectivity index (χ0) is 16.7. The van der Waals surface area contributed by atoms with Crippen LogP contribution < -0.4 is 15.8 Å². The van der Waals surface area contributed by atoms with E-state index in [-0.39, 0.29) is 18.1 Å². The standard InChI is InChI=1S/C17H23FN2O3/c18-13-6-8-14(9-7-13)23-12-4-5-15(21)20-17(16(19)22)10-2-1-3-11-17/h6-9H,1-5,10-12H2,(H2,19,22)(H,20,21). The molecule has 1 fully saturated rings. The molecule has 5 nitrogen and oxygen atoms in total. The lowest BCUT2D eigenvalue weighted by Gasteiger charge is -2.35. The first kappa shape index (κ1) is 17.2. The van der Waals surface area contributed by atoms with Gasteiger partial charge in [0.15, 0.2) is 0 Å². The van der Waals surface area contributed by atoms with Gasteiger partial charge in [-0.25, -0.2) is 4.39 Å². The van der Waals surface area contributed by atoms with E-state index >= 15 is 0 Å². The molecule has 2 rings (SSSR count). The van der Waals surface area contributed by atoms with E-state index in [0.717, 1.165) is 19.3 Å². The molecular weight excluding hydrogens is 299 g/mol. The summed E-state index contributed by atoms with van der Waals surface area (Å²) in [7, 11) is 0. The summed E-state index contributed by atoms with van der Waals surface area (Å²) in [5, 5.41) is 2.82. The molecule has 1 aliphatic carbocycles. The molecule has 0 atom stereocenters. The highest BCUT2D eigenvalue weighted by Crippen LogP contribution is 2.28. The van der Waals surface area contributed by atoms with E-state index in [9.17, 15) is 14.0 Å². The summed E-state index contributed by atoms with van der Waals surface area (Å²) in [5.41, 5.74) is 4.60. The van der Waals surface area contributed by atoms with Crippen LogP contribution in [0.4, 0.5) is 4.39 Å². The van der Waals surface area contributed by atoms with E-state index in [1.54, 1.807) is 12.1 Å². The topological polar surface area (TPSA) is 81.4 Å². The second-order valence-electron chi connectivity index (χ2n) is 5.96. The molecule has 0 aliphatic heterocycles. The van der Waals surface area contributed by atoms with Crippen LogP contribution >= 0.6 is 0 Å². The van der Waals surface area contributed by atoms with Crippen molar-refractivity contribution in [2.45, 2.75) is 50.5 Å². The highest BCUT2D eigenvalue weighted by Gasteiger charge is 2.38. The molecule has 0 saturated heterocycles. The van der Waals surface area contributed by atoms with Crippen molar-refractivity contribution in [3.05, 3.63) is 30.1 Å². The molecule has 1 aromatic rings. The zero-order valence-corrected chi connectivity index (χ0v) is 13.1. The summed E-state index contributed by atoms with van der Waals surface area (Å²) in [6.45, 7) is 0.350. The number of amides is 2. The van der Waals surface area contributed by atoms with Gasteiger partial charge in [0, 0.05) is 6.42 Å². The van der Waals surface area contributed by atoms with Crippen LogP contribution in [0.5, 0.6) is 5.75 Å². The second-order valence-corrected chi connectivity index (χ2v) is 5.96. The Bertz CT molecular complexity index is 539. The second kappa shape index (κ2) is 7.94. The Hall–Kier alpha value is -2.11. The van der Waals surface area contributed by atoms with Crippen molar-refractivity contribution < 1.29 is 18.7 Å². The van der Waals surface area contributed by atoms with E-state index in [2.05, 4.69) is 5.32 Å². The van der Waals surface area contributed by atoms with Crippen LogP contribution in [0.1, 0.15) is 44.9 Å². The van der Waals surface area contributed by atoms with Gasteiger partial charge in [-0.3, -0.25) is 9.59 Å². The zero-order valence-electron chi connectivity index (χ0n) is 13.1. The highest BCUT2D eigenvalue weighted by molar-refractivity contribution is 5.90. The summed E-state index contributed by atoms with van der Waals surface area (Å²) in [5.74, 6) is -0.393. The fraction of sp³-hybridized carbons (Fsp3) is 0.529. The molecule has 1 aromatic carbocycles. The van der Waals surface area contributed by atoms with Crippen molar-refractivity contribution in [2.75, 3.05) is 6.61 Å². The molecule has 126 valence electrons. The van der Waals surface area contributed by atoms with Crippen LogP contribution in [-0.4, -0.2) is 24.0 Å². The number of nitrogens with one attached hydrogen (secondary N) is 1. The Labute approximate surface area is 135 Å². The molecule has 0 heterocycles. The maximum absolute atomic E-state index is 12.8. The van der Waals surface area contributed by atoms with E-state index < -0.39 is 11.4 Å². The van der Waals surface area contributed by atoms with Crippen LogP contribution in [0.25, 0.3) is 0 Å². The van der Waals surface area contributed by atoms with Crippen LogP contribution in [0.15, 0.2) is 24.3 Å². The Kier molecular flexibility index (Phi) is 5.96. The Morgan fingerprint density at radius 3 is 2.43 bits per heavy atom. The molecule has 23 heavy (non-hydrogen) atoms. The van der Waals surface area contributed by atoms with Gasteiger partial charge in [0.2, 0.25) is 11.8 Å². The lowest BCUT2D eigenvalue weighted by molar-refractivity contribution is -0.133. The highest BCUT2D eigenvalue weighted by atomic mass is 19.1. The molecule has 1 saturated carbocycles. The maximum atomic E-state index is 12.8. The maximum Gasteiger partial charge on any atom is 0.243 e. The van der Waals surface area contributed by atoms with Gasteiger partial charge in [0.05, 0.1) is 6.61 Å². The van der Waals surface area contributed by atoms with E-state index in [1.807, 2.05) is 0 Å². The number of hydrogen-bond donors (Lipinski definition) is 2. The third-order valence-electron chi connectivity index (χ3n) is 4.19. The Morgan fingerprint density at radius 1 is 1.17 bits per heavy atom. The van der Waals surface area contributed by atoms with Gasteiger partial charge >= 0.3 is 0 Å². The minimum atomic E-state index is -0.882. The van der Waals surface area contributed by atoms with Gasteiger partial charge < -0.3 is 15.8 Å². The van der Waals surface area contributed by atoms with Gasteiger partial charge in [-0.2, -0.15) is 0 Å². The first-order valence-electron chi connectivity index (χ1n) is 8.01. The summed E-state index contributed by atoms with van der Waals surface area (Å²) >= 11 is 0. The summed E-state index contributed by atoms with van der Waals surface area (Å²) < 4.78 is 18.2. The molecule has 0 bridgehead atoms. The average Bonchev–Trinajstić information content (AvgIpc) is 2.54. The average molecular weight is 322 g/mol. The smallest absolute Gasteiger partial charge is 0.243 e. The van der Waals surface area contributed by atoms with Gasteiger partial charge in [0.25, 0.3) is 0 Å². The summed E-state index contributed by atoms with van der Waals surface area (Å²) in [6, 6.07) is 5.72. The normalized spacial score (nSPS) is 16.6. The van der Waals surface area contributed by atoms with Crippen molar-refractivity contribution in [3.63, 3.8) is 0 Å². The predicted molar refractivity (Wildman–Crippen MR) is 84.3 cm³/mol. The quantitative estimate of drug-likeness (QED) is 0.756. The number of rotatable bonds is 7. The predicted octanol–water partition coefficient (Wildman–Crippen LogP) is 2.29.